The molecule has 5 heterocycles. The van der Waals surface area contributed by atoms with E-state index in [4.69, 9.17) is 14.9 Å². The molecule has 222 valence electrons. The molecule has 0 radical (unpaired) electrons. The van der Waals surface area contributed by atoms with Crippen molar-refractivity contribution < 1.29 is 36.6 Å². The van der Waals surface area contributed by atoms with E-state index in [1.54, 1.807) is 21.1 Å². The molecule has 1 aromatic carbocycles. The van der Waals surface area contributed by atoms with E-state index in [2.05, 4.69) is 25.7 Å². The van der Waals surface area contributed by atoms with Crippen LogP contribution in [0.5, 0.6) is 0 Å². The molecule has 1 amide bonds. The number of halogens is 5. The number of carbonyl (C=O) groups excluding carboxylic acids is 1. The van der Waals surface area contributed by atoms with Gasteiger partial charge in [-0.25, -0.2) is 23.4 Å². The lowest BCUT2D eigenvalue weighted by Crippen LogP contribution is -2.64. The number of amides is 1. The molecule has 3 saturated heterocycles. The van der Waals surface area contributed by atoms with Gasteiger partial charge in [-0.1, -0.05) is 20.8 Å². The molecule has 0 saturated carbocycles. The number of pyridine rings is 1. The fraction of sp³-hybridized carbons (Fsp3) is 0.481. The highest BCUT2D eigenvalue weighted by molar-refractivity contribution is 5.95. The van der Waals surface area contributed by atoms with Crippen molar-refractivity contribution in [3.05, 3.63) is 58.0 Å². The standard InChI is InChI=1S/C25H29F2N5O2.C2HF3O2/c1-25(2,3)14-32-20-9-10-21(28-22(20)29(4)24(32)34)30-12-17-7-6-16(30)13-31(17)23(33)18-11-15(26)5-8-19(18)27;3-2(4,5)1(6)7/h5,8-11,16-17H,6-7,12-14H2,1-4H3;(H,6,7). The Morgan fingerprint density at radius 1 is 1.02 bits per heavy atom. The molecule has 14 heteroatoms. The van der Waals surface area contributed by atoms with Crippen molar-refractivity contribution in [2.75, 3.05) is 18.0 Å². The second kappa shape index (κ2) is 10.8. The van der Waals surface area contributed by atoms with Crippen molar-refractivity contribution in [1.82, 2.24) is 19.0 Å². The Morgan fingerprint density at radius 3 is 2.22 bits per heavy atom. The Hall–Kier alpha value is -3.97. The number of carbonyl (C=O) groups is 2. The number of rotatable bonds is 3. The maximum absolute atomic E-state index is 14.2. The van der Waals surface area contributed by atoms with Crippen molar-refractivity contribution in [2.24, 2.45) is 12.5 Å². The van der Waals surface area contributed by atoms with E-state index in [1.165, 1.54) is 0 Å². The van der Waals surface area contributed by atoms with E-state index in [0.29, 0.717) is 25.3 Å². The Morgan fingerprint density at radius 2 is 1.66 bits per heavy atom. The molecule has 6 rings (SSSR count). The molecule has 0 aliphatic carbocycles. The predicted molar refractivity (Wildman–Crippen MR) is 140 cm³/mol. The minimum absolute atomic E-state index is 0.0178. The van der Waals surface area contributed by atoms with Crippen molar-refractivity contribution in [3.8, 4) is 0 Å². The largest absolute Gasteiger partial charge is 0.490 e. The second-order valence-corrected chi connectivity index (χ2v) is 11.4. The molecule has 3 aromatic rings. The number of alkyl halides is 3. The molecule has 1 N–H and O–H groups in total. The first kappa shape index (κ1) is 30.0. The summed E-state index contributed by atoms with van der Waals surface area (Å²) in [6, 6.07) is 6.75. The first-order valence-electron chi connectivity index (χ1n) is 12.9. The molecule has 41 heavy (non-hydrogen) atoms. The quantitative estimate of drug-likeness (QED) is 0.465. The highest BCUT2D eigenvalue weighted by atomic mass is 19.4. The molecule has 2 atom stereocenters. The van der Waals surface area contributed by atoms with Crippen LogP contribution in [0.2, 0.25) is 0 Å². The second-order valence-electron chi connectivity index (χ2n) is 11.4. The van der Waals surface area contributed by atoms with Gasteiger partial charge in [-0.2, -0.15) is 13.2 Å². The van der Waals surface area contributed by atoms with Crippen molar-refractivity contribution in [2.45, 2.75) is 58.4 Å². The van der Waals surface area contributed by atoms with Gasteiger partial charge in [0.25, 0.3) is 5.91 Å². The summed E-state index contributed by atoms with van der Waals surface area (Å²) in [6.45, 7) is 7.84. The van der Waals surface area contributed by atoms with Crippen LogP contribution in [0, 0.1) is 17.0 Å². The highest BCUT2D eigenvalue weighted by Crippen LogP contribution is 2.34. The maximum Gasteiger partial charge on any atom is 0.490 e. The van der Waals surface area contributed by atoms with Gasteiger partial charge < -0.3 is 14.9 Å². The summed E-state index contributed by atoms with van der Waals surface area (Å²) >= 11 is 0. The van der Waals surface area contributed by atoms with Gasteiger partial charge in [-0.15, -0.1) is 0 Å². The normalized spacial score (nSPS) is 18.9. The number of aliphatic carboxylic acids is 1. The zero-order valence-electron chi connectivity index (χ0n) is 22.9. The average Bonchev–Trinajstić information content (AvgIpc) is 3.12. The number of hydrogen-bond acceptors (Lipinski definition) is 5. The van der Waals surface area contributed by atoms with E-state index in [-0.39, 0.29) is 28.8 Å². The van der Waals surface area contributed by atoms with E-state index in [0.717, 1.165) is 42.4 Å². The number of carboxylic acids is 1. The monoisotopic (exact) mass is 583 g/mol. The van der Waals surface area contributed by atoms with Crippen LogP contribution in [-0.2, 0) is 18.4 Å². The fourth-order valence-corrected chi connectivity index (χ4v) is 5.22. The van der Waals surface area contributed by atoms with Crippen LogP contribution in [0.1, 0.15) is 44.0 Å². The molecular formula is C27H30F5N5O4. The number of fused-ring (bicyclic) bond motifs is 4. The van der Waals surface area contributed by atoms with Crippen LogP contribution in [0.4, 0.5) is 27.8 Å². The zero-order valence-corrected chi connectivity index (χ0v) is 22.9. The van der Waals surface area contributed by atoms with Gasteiger partial charge in [0.15, 0.2) is 5.65 Å². The maximum atomic E-state index is 14.2. The molecule has 2 bridgehead atoms. The number of nitrogens with zero attached hydrogens (tertiary/aromatic N) is 5. The number of hydrogen-bond donors (Lipinski definition) is 1. The number of aromatic nitrogens is 3. The first-order valence-corrected chi connectivity index (χ1v) is 12.9. The minimum Gasteiger partial charge on any atom is -0.475 e. The topological polar surface area (TPSA) is 101 Å². The molecule has 2 aromatic heterocycles. The Kier molecular flexibility index (Phi) is 7.89. The Labute approximate surface area is 231 Å². The van der Waals surface area contributed by atoms with Crippen LogP contribution in [0.3, 0.4) is 0 Å². The number of anilines is 1. The average molecular weight is 584 g/mol. The van der Waals surface area contributed by atoms with Gasteiger partial charge in [0.2, 0.25) is 0 Å². The summed E-state index contributed by atoms with van der Waals surface area (Å²) in [7, 11) is 1.73. The van der Waals surface area contributed by atoms with Gasteiger partial charge in [0, 0.05) is 38.8 Å². The molecular weight excluding hydrogens is 553 g/mol. The lowest BCUT2D eigenvalue weighted by Gasteiger charge is -2.52. The molecule has 9 nitrogen and oxygen atoms in total. The fourth-order valence-electron chi connectivity index (χ4n) is 5.22. The lowest BCUT2D eigenvalue weighted by molar-refractivity contribution is -0.192. The smallest absolute Gasteiger partial charge is 0.475 e. The summed E-state index contributed by atoms with van der Waals surface area (Å²) < 4.78 is 62.9. The minimum atomic E-state index is -5.08. The van der Waals surface area contributed by atoms with Crippen LogP contribution in [0.15, 0.2) is 35.1 Å². The number of benzene rings is 1. The van der Waals surface area contributed by atoms with Gasteiger partial charge >= 0.3 is 17.8 Å². The van der Waals surface area contributed by atoms with Crippen molar-refractivity contribution in [1.29, 1.82) is 0 Å². The van der Waals surface area contributed by atoms with Gasteiger partial charge in [0.1, 0.15) is 17.5 Å². The first-order chi connectivity index (χ1) is 19.0. The molecule has 2 unspecified atom stereocenters. The number of piperazine rings is 1. The Bertz CT molecular complexity index is 1540. The van der Waals surface area contributed by atoms with E-state index in [1.807, 2.05) is 12.1 Å². The molecule has 3 fully saturated rings. The summed E-state index contributed by atoms with van der Waals surface area (Å²) in [5.74, 6) is -3.81. The summed E-state index contributed by atoms with van der Waals surface area (Å²) in [4.78, 5) is 43.4. The van der Waals surface area contributed by atoms with Crippen LogP contribution in [-0.4, -0.2) is 67.4 Å². The van der Waals surface area contributed by atoms with Gasteiger partial charge in [-0.05, 0) is 48.6 Å². The van der Waals surface area contributed by atoms with Crippen LogP contribution < -0.4 is 10.6 Å². The lowest BCUT2D eigenvalue weighted by atomic mass is 9.90. The van der Waals surface area contributed by atoms with Gasteiger partial charge in [-0.3, -0.25) is 13.9 Å². The molecule has 3 aliphatic rings. The third-order valence-corrected chi connectivity index (χ3v) is 7.08. The van der Waals surface area contributed by atoms with Crippen molar-refractivity contribution in [3.63, 3.8) is 0 Å². The van der Waals surface area contributed by atoms with Crippen LogP contribution in [0.25, 0.3) is 11.2 Å². The third kappa shape index (κ3) is 6.20. The molecule has 3 aliphatic heterocycles. The number of aryl methyl sites for hydroxylation is 1. The summed E-state index contributed by atoms with van der Waals surface area (Å²) in [5, 5.41) is 7.12. The van der Waals surface area contributed by atoms with E-state index in [9.17, 15) is 31.5 Å². The predicted octanol–water partition coefficient (Wildman–Crippen LogP) is 4.19. The zero-order chi connectivity index (χ0) is 30.4. The highest BCUT2D eigenvalue weighted by Gasteiger charge is 2.42. The summed E-state index contributed by atoms with van der Waals surface area (Å²) in [5.41, 5.74) is 1.05. The third-order valence-electron chi connectivity index (χ3n) is 7.08. The van der Waals surface area contributed by atoms with E-state index < -0.39 is 29.7 Å². The summed E-state index contributed by atoms with van der Waals surface area (Å²) in [6.07, 6.45) is -3.41. The number of imidazole rings is 1. The van der Waals surface area contributed by atoms with Crippen molar-refractivity contribution >= 4 is 28.9 Å². The Balaban J connectivity index is 0.000000493. The number of carboxylic acid groups (broad SMARTS) is 1. The van der Waals surface area contributed by atoms with Gasteiger partial charge in [0.05, 0.1) is 11.1 Å². The van der Waals surface area contributed by atoms with E-state index >= 15 is 0 Å². The SMILES string of the molecule is Cn1c(=O)n(CC(C)(C)C)c2ccc(N3CC4CCC3CN4C(=O)c3cc(F)ccc3F)nc21.O=C(O)C(F)(F)F. The van der Waals surface area contributed by atoms with Crippen LogP contribution >= 0.6 is 0 Å². The number of piperidine rings is 2. The molecule has 0 spiro atoms.